The lowest BCUT2D eigenvalue weighted by molar-refractivity contribution is 0.138. The summed E-state index contributed by atoms with van der Waals surface area (Å²) in [6.45, 7) is 14.6. The molecule has 1 saturated heterocycles. The molecule has 0 bridgehead atoms. The lowest BCUT2D eigenvalue weighted by Crippen LogP contribution is -2.45. The summed E-state index contributed by atoms with van der Waals surface area (Å²) in [4.78, 5) is 2.77. The highest BCUT2D eigenvalue weighted by Crippen LogP contribution is 2.37. The standard InChI is InChI=1S/C18H36N2/c1-15(2)19-13-18(9-7-5-6-8-10-18)14-20-11-16(3)17(4)12-20/h15-17,19H,5-14H2,1-4H3. The van der Waals surface area contributed by atoms with Crippen LogP contribution in [0.2, 0.25) is 0 Å². The molecule has 0 aromatic rings. The molecule has 2 aliphatic rings. The molecule has 0 spiro atoms. The Labute approximate surface area is 126 Å². The smallest absolute Gasteiger partial charge is 0.00504 e. The third-order valence-electron chi connectivity index (χ3n) is 5.67. The maximum absolute atomic E-state index is 3.75. The van der Waals surface area contributed by atoms with Crippen LogP contribution in [0.1, 0.15) is 66.2 Å². The summed E-state index contributed by atoms with van der Waals surface area (Å²) in [6, 6.07) is 0.617. The average Bonchev–Trinajstić information content (AvgIpc) is 2.60. The first-order valence-corrected chi connectivity index (χ1v) is 8.96. The molecule has 1 saturated carbocycles. The maximum Gasteiger partial charge on any atom is 0.00504 e. The second-order valence-corrected chi connectivity index (χ2v) is 8.10. The summed E-state index contributed by atoms with van der Waals surface area (Å²) < 4.78 is 0. The quantitative estimate of drug-likeness (QED) is 0.768. The minimum Gasteiger partial charge on any atom is -0.314 e. The van der Waals surface area contributed by atoms with Crippen LogP contribution in [-0.4, -0.2) is 37.1 Å². The Morgan fingerprint density at radius 3 is 2.05 bits per heavy atom. The van der Waals surface area contributed by atoms with Crippen LogP contribution in [0, 0.1) is 17.3 Å². The molecule has 2 unspecified atom stereocenters. The molecular formula is C18H36N2. The Morgan fingerprint density at radius 2 is 1.55 bits per heavy atom. The van der Waals surface area contributed by atoms with Gasteiger partial charge in [-0.2, -0.15) is 0 Å². The van der Waals surface area contributed by atoms with E-state index in [1.54, 1.807) is 0 Å². The van der Waals surface area contributed by atoms with E-state index in [0.717, 1.165) is 11.8 Å². The second kappa shape index (κ2) is 7.26. The van der Waals surface area contributed by atoms with Gasteiger partial charge >= 0.3 is 0 Å². The Morgan fingerprint density at radius 1 is 1.00 bits per heavy atom. The number of rotatable bonds is 5. The Balaban J connectivity index is 1.97. The van der Waals surface area contributed by atoms with Crippen molar-refractivity contribution in [3.63, 3.8) is 0 Å². The summed E-state index contributed by atoms with van der Waals surface area (Å²) >= 11 is 0. The van der Waals surface area contributed by atoms with Crippen molar-refractivity contribution in [2.75, 3.05) is 26.2 Å². The van der Waals surface area contributed by atoms with Crippen molar-refractivity contribution in [1.29, 1.82) is 0 Å². The van der Waals surface area contributed by atoms with Gasteiger partial charge in [0, 0.05) is 32.2 Å². The van der Waals surface area contributed by atoms with E-state index in [1.807, 2.05) is 0 Å². The molecule has 1 aliphatic carbocycles. The summed E-state index contributed by atoms with van der Waals surface area (Å²) in [5, 5.41) is 3.75. The van der Waals surface area contributed by atoms with Crippen LogP contribution in [0.5, 0.6) is 0 Å². The van der Waals surface area contributed by atoms with E-state index in [9.17, 15) is 0 Å². The van der Waals surface area contributed by atoms with Gasteiger partial charge in [-0.3, -0.25) is 0 Å². The first-order chi connectivity index (χ1) is 9.51. The first-order valence-electron chi connectivity index (χ1n) is 8.96. The molecular weight excluding hydrogens is 244 g/mol. The fourth-order valence-corrected chi connectivity index (χ4v) is 4.14. The van der Waals surface area contributed by atoms with Gasteiger partial charge in [0.2, 0.25) is 0 Å². The van der Waals surface area contributed by atoms with Gasteiger partial charge in [0.05, 0.1) is 0 Å². The zero-order valence-corrected chi connectivity index (χ0v) is 14.3. The van der Waals surface area contributed by atoms with Gasteiger partial charge in [-0.25, -0.2) is 0 Å². The van der Waals surface area contributed by atoms with E-state index in [-0.39, 0.29) is 0 Å². The predicted octanol–water partition coefficient (Wildman–Crippen LogP) is 3.91. The largest absolute Gasteiger partial charge is 0.314 e. The SMILES string of the molecule is CC(C)NCC1(CN2CC(C)C(C)C2)CCCCCC1. The van der Waals surface area contributed by atoms with Crippen molar-refractivity contribution in [1.82, 2.24) is 10.2 Å². The van der Waals surface area contributed by atoms with Gasteiger partial charge in [0.25, 0.3) is 0 Å². The van der Waals surface area contributed by atoms with Gasteiger partial charge in [-0.15, -0.1) is 0 Å². The van der Waals surface area contributed by atoms with Gasteiger partial charge in [-0.1, -0.05) is 53.4 Å². The van der Waals surface area contributed by atoms with Gasteiger partial charge in [-0.05, 0) is 30.1 Å². The monoisotopic (exact) mass is 280 g/mol. The molecule has 0 radical (unpaired) electrons. The predicted molar refractivity (Wildman–Crippen MR) is 88.0 cm³/mol. The molecule has 1 heterocycles. The highest BCUT2D eigenvalue weighted by atomic mass is 15.2. The number of nitrogens with zero attached hydrogens (tertiary/aromatic N) is 1. The van der Waals surface area contributed by atoms with Gasteiger partial charge in [0.1, 0.15) is 0 Å². The van der Waals surface area contributed by atoms with Crippen LogP contribution in [0.3, 0.4) is 0 Å². The highest BCUT2D eigenvalue weighted by molar-refractivity contribution is 4.90. The van der Waals surface area contributed by atoms with Crippen LogP contribution < -0.4 is 5.32 Å². The summed E-state index contributed by atoms with van der Waals surface area (Å²) in [6.07, 6.45) is 8.67. The fourth-order valence-electron chi connectivity index (χ4n) is 4.14. The van der Waals surface area contributed by atoms with E-state index in [2.05, 4.69) is 37.9 Å². The average molecular weight is 280 g/mol. The molecule has 118 valence electrons. The van der Waals surface area contributed by atoms with Crippen molar-refractivity contribution in [2.24, 2.45) is 17.3 Å². The van der Waals surface area contributed by atoms with Crippen LogP contribution in [0.25, 0.3) is 0 Å². The van der Waals surface area contributed by atoms with Crippen molar-refractivity contribution in [2.45, 2.75) is 72.3 Å². The lowest BCUT2D eigenvalue weighted by atomic mass is 9.79. The molecule has 2 fully saturated rings. The van der Waals surface area contributed by atoms with Crippen LogP contribution in [0.15, 0.2) is 0 Å². The second-order valence-electron chi connectivity index (χ2n) is 8.10. The molecule has 1 N–H and O–H groups in total. The van der Waals surface area contributed by atoms with E-state index >= 15 is 0 Å². The maximum atomic E-state index is 3.75. The molecule has 0 amide bonds. The first kappa shape index (κ1) is 16.3. The van der Waals surface area contributed by atoms with Crippen molar-refractivity contribution in [3.05, 3.63) is 0 Å². The highest BCUT2D eigenvalue weighted by Gasteiger charge is 2.36. The third-order valence-corrected chi connectivity index (χ3v) is 5.67. The van der Waals surface area contributed by atoms with Crippen LogP contribution in [0.4, 0.5) is 0 Å². The number of likely N-dealkylation sites (tertiary alicyclic amines) is 1. The fraction of sp³-hybridized carbons (Fsp3) is 1.00. The molecule has 2 heteroatoms. The topological polar surface area (TPSA) is 15.3 Å². The van der Waals surface area contributed by atoms with Crippen LogP contribution >= 0.6 is 0 Å². The molecule has 0 aromatic heterocycles. The van der Waals surface area contributed by atoms with Crippen molar-refractivity contribution >= 4 is 0 Å². The minimum absolute atomic E-state index is 0.546. The van der Waals surface area contributed by atoms with E-state index in [1.165, 1.54) is 64.7 Å². The Bertz CT molecular complexity index is 269. The Hall–Kier alpha value is -0.0800. The number of nitrogens with one attached hydrogen (secondary N) is 1. The third kappa shape index (κ3) is 4.46. The lowest BCUT2D eigenvalue weighted by Gasteiger charge is -2.37. The Kier molecular flexibility index (Phi) is 5.92. The van der Waals surface area contributed by atoms with Crippen molar-refractivity contribution in [3.8, 4) is 0 Å². The molecule has 0 aromatic carbocycles. The summed E-state index contributed by atoms with van der Waals surface area (Å²) in [5.74, 6) is 1.77. The van der Waals surface area contributed by atoms with Crippen LogP contribution in [-0.2, 0) is 0 Å². The molecule has 2 nitrogen and oxygen atoms in total. The molecule has 2 rings (SSSR count). The molecule has 20 heavy (non-hydrogen) atoms. The zero-order chi connectivity index (χ0) is 14.6. The summed E-state index contributed by atoms with van der Waals surface area (Å²) in [7, 11) is 0. The summed E-state index contributed by atoms with van der Waals surface area (Å²) in [5.41, 5.74) is 0.546. The number of hydrogen-bond donors (Lipinski definition) is 1. The van der Waals surface area contributed by atoms with E-state index in [4.69, 9.17) is 0 Å². The van der Waals surface area contributed by atoms with E-state index < -0.39 is 0 Å². The minimum atomic E-state index is 0.546. The normalized spacial score (nSPS) is 31.6. The van der Waals surface area contributed by atoms with E-state index in [0.29, 0.717) is 11.5 Å². The van der Waals surface area contributed by atoms with Gasteiger partial charge < -0.3 is 10.2 Å². The molecule has 2 atom stereocenters. The number of hydrogen-bond acceptors (Lipinski definition) is 2. The zero-order valence-electron chi connectivity index (χ0n) is 14.3. The molecule has 1 aliphatic heterocycles. The van der Waals surface area contributed by atoms with Crippen molar-refractivity contribution < 1.29 is 0 Å². The van der Waals surface area contributed by atoms with Gasteiger partial charge in [0.15, 0.2) is 0 Å².